The second-order valence-corrected chi connectivity index (χ2v) is 5.63. The maximum absolute atomic E-state index is 6.20. The van der Waals surface area contributed by atoms with Crippen molar-refractivity contribution in [3.8, 4) is 0 Å². The highest BCUT2D eigenvalue weighted by Gasteiger charge is 2.12. The van der Waals surface area contributed by atoms with E-state index in [1.165, 1.54) is 11.1 Å². The smallest absolute Gasteiger partial charge is 0.0450 e. The molecule has 0 bridgehead atoms. The second-order valence-electron chi connectivity index (χ2n) is 4.12. The molecular formula is C15H14BrCl. The van der Waals surface area contributed by atoms with Crippen LogP contribution in [0, 0.1) is 6.92 Å². The summed E-state index contributed by atoms with van der Waals surface area (Å²) in [7, 11) is 0. The Morgan fingerprint density at radius 1 is 1.06 bits per heavy atom. The average Bonchev–Trinajstić information content (AvgIpc) is 2.32. The summed E-state index contributed by atoms with van der Waals surface area (Å²) in [5.74, 6) is 0. The van der Waals surface area contributed by atoms with Crippen molar-refractivity contribution in [1.29, 1.82) is 0 Å². The first-order chi connectivity index (χ1) is 8.18. The number of alkyl halides is 1. The number of benzene rings is 2. The molecule has 1 atom stereocenters. The Kier molecular flexibility index (Phi) is 4.25. The molecule has 2 aromatic rings. The predicted molar refractivity (Wildman–Crippen MR) is 78.0 cm³/mol. The Balaban J connectivity index is 2.20. The molecule has 0 aliphatic heterocycles. The zero-order chi connectivity index (χ0) is 12.3. The molecule has 0 saturated carbocycles. The lowest BCUT2D eigenvalue weighted by molar-refractivity contribution is 0.939. The second kappa shape index (κ2) is 5.70. The molecule has 0 spiro atoms. The predicted octanol–water partition coefficient (Wildman–Crippen LogP) is 5.33. The Hall–Kier alpha value is -0.790. The van der Waals surface area contributed by atoms with Gasteiger partial charge < -0.3 is 0 Å². The molecule has 0 fully saturated rings. The first-order valence-electron chi connectivity index (χ1n) is 5.61. The van der Waals surface area contributed by atoms with Crippen molar-refractivity contribution in [3.63, 3.8) is 0 Å². The molecule has 0 N–H and O–H groups in total. The number of halogens is 2. The molecule has 0 heterocycles. The summed E-state index contributed by atoms with van der Waals surface area (Å²) < 4.78 is 0. The van der Waals surface area contributed by atoms with Crippen LogP contribution in [0.4, 0.5) is 0 Å². The molecule has 0 aromatic heterocycles. The van der Waals surface area contributed by atoms with E-state index >= 15 is 0 Å². The Bertz CT molecular complexity index is 508. The summed E-state index contributed by atoms with van der Waals surface area (Å²) in [6.45, 7) is 2.14. The van der Waals surface area contributed by atoms with Gasteiger partial charge in [-0.2, -0.15) is 0 Å². The lowest BCUT2D eigenvalue weighted by atomic mass is 10.0. The topological polar surface area (TPSA) is 0 Å². The summed E-state index contributed by atoms with van der Waals surface area (Å²) in [5.41, 5.74) is 3.83. The SMILES string of the molecule is Cc1ccccc1CC(Br)c1ccccc1Cl. The van der Waals surface area contributed by atoms with Crippen molar-refractivity contribution in [2.75, 3.05) is 0 Å². The van der Waals surface area contributed by atoms with Crippen LogP contribution >= 0.6 is 27.5 Å². The quantitative estimate of drug-likeness (QED) is 0.672. The standard InChI is InChI=1S/C15H14BrCl/c1-11-6-2-3-7-12(11)10-14(16)13-8-4-5-9-15(13)17/h2-9,14H,10H2,1H3. The van der Waals surface area contributed by atoms with Gasteiger partial charge in [-0.05, 0) is 36.1 Å². The van der Waals surface area contributed by atoms with Crippen LogP contribution in [0.25, 0.3) is 0 Å². The van der Waals surface area contributed by atoms with Crippen LogP contribution in [0.3, 0.4) is 0 Å². The Morgan fingerprint density at radius 3 is 2.41 bits per heavy atom. The van der Waals surface area contributed by atoms with Crippen LogP contribution in [-0.4, -0.2) is 0 Å². The zero-order valence-corrected chi connectivity index (χ0v) is 12.0. The molecular weight excluding hydrogens is 296 g/mol. The highest BCUT2D eigenvalue weighted by atomic mass is 79.9. The van der Waals surface area contributed by atoms with E-state index in [0.717, 1.165) is 17.0 Å². The average molecular weight is 310 g/mol. The maximum atomic E-state index is 6.20. The normalized spacial score (nSPS) is 12.4. The van der Waals surface area contributed by atoms with E-state index in [9.17, 15) is 0 Å². The van der Waals surface area contributed by atoms with Crippen LogP contribution in [0.1, 0.15) is 21.5 Å². The third-order valence-corrected chi connectivity index (χ3v) is 4.06. The van der Waals surface area contributed by atoms with E-state index in [4.69, 9.17) is 11.6 Å². The number of rotatable bonds is 3. The molecule has 2 heteroatoms. The third kappa shape index (κ3) is 3.11. The fraction of sp³-hybridized carbons (Fsp3) is 0.200. The summed E-state index contributed by atoms with van der Waals surface area (Å²) >= 11 is 9.92. The largest absolute Gasteiger partial charge is 0.0840 e. The van der Waals surface area contributed by atoms with Gasteiger partial charge in [-0.25, -0.2) is 0 Å². The number of hydrogen-bond donors (Lipinski definition) is 0. The van der Waals surface area contributed by atoms with E-state index in [2.05, 4.69) is 53.2 Å². The lowest BCUT2D eigenvalue weighted by Crippen LogP contribution is -1.98. The van der Waals surface area contributed by atoms with Gasteiger partial charge in [0.1, 0.15) is 0 Å². The maximum Gasteiger partial charge on any atom is 0.0450 e. The van der Waals surface area contributed by atoms with Crippen LogP contribution in [-0.2, 0) is 6.42 Å². The van der Waals surface area contributed by atoms with Crippen LogP contribution < -0.4 is 0 Å². The van der Waals surface area contributed by atoms with Gasteiger partial charge in [-0.15, -0.1) is 0 Å². The van der Waals surface area contributed by atoms with Crippen molar-refractivity contribution < 1.29 is 0 Å². The van der Waals surface area contributed by atoms with Crippen molar-refractivity contribution >= 4 is 27.5 Å². The highest BCUT2D eigenvalue weighted by molar-refractivity contribution is 9.09. The van der Waals surface area contributed by atoms with Crippen LogP contribution in [0.2, 0.25) is 5.02 Å². The molecule has 2 rings (SSSR count). The highest BCUT2D eigenvalue weighted by Crippen LogP contribution is 2.32. The molecule has 0 aliphatic carbocycles. The number of aryl methyl sites for hydroxylation is 1. The Labute approximate surface area is 116 Å². The van der Waals surface area contributed by atoms with E-state index in [-0.39, 0.29) is 4.83 Å². The summed E-state index contributed by atoms with van der Waals surface area (Å²) in [5, 5.41) is 0.822. The summed E-state index contributed by atoms with van der Waals surface area (Å²) in [6, 6.07) is 16.4. The lowest BCUT2D eigenvalue weighted by Gasteiger charge is -2.13. The van der Waals surface area contributed by atoms with Crippen LogP contribution in [0.5, 0.6) is 0 Å². The van der Waals surface area contributed by atoms with Gasteiger partial charge in [0, 0.05) is 9.85 Å². The van der Waals surface area contributed by atoms with E-state index in [0.29, 0.717) is 0 Å². The van der Waals surface area contributed by atoms with Gasteiger partial charge in [0.05, 0.1) is 0 Å². The Morgan fingerprint density at radius 2 is 1.71 bits per heavy atom. The number of hydrogen-bond acceptors (Lipinski definition) is 0. The zero-order valence-electron chi connectivity index (χ0n) is 9.66. The fourth-order valence-electron chi connectivity index (χ4n) is 1.87. The molecule has 0 radical (unpaired) electrons. The van der Waals surface area contributed by atoms with Crippen molar-refractivity contribution in [2.24, 2.45) is 0 Å². The summed E-state index contributed by atoms with van der Waals surface area (Å²) in [4.78, 5) is 0.261. The molecule has 88 valence electrons. The molecule has 2 aromatic carbocycles. The molecule has 0 saturated heterocycles. The first-order valence-corrected chi connectivity index (χ1v) is 6.91. The van der Waals surface area contributed by atoms with E-state index in [1.54, 1.807) is 0 Å². The van der Waals surface area contributed by atoms with Crippen LogP contribution in [0.15, 0.2) is 48.5 Å². The van der Waals surface area contributed by atoms with Gasteiger partial charge >= 0.3 is 0 Å². The molecule has 17 heavy (non-hydrogen) atoms. The van der Waals surface area contributed by atoms with Gasteiger partial charge in [-0.3, -0.25) is 0 Å². The molecule has 1 unspecified atom stereocenters. The van der Waals surface area contributed by atoms with Gasteiger partial charge in [0.25, 0.3) is 0 Å². The summed E-state index contributed by atoms with van der Waals surface area (Å²) in [6.07, 6.45) is 0.955. The third-order valence-electron chi connectivity index (χ3n) is 2.90. The van der Waals surface area contributed by atoms with Gasteiger partial charge in [-0.1, -0.05) is 70.0 Å². The van der Waals surface area contributed by atoms with Gasteiger partial charge in [0.2, 0.25) is 0 Å². The van der Waals surface area contributed by atoms with Crippen molar-refractivity contribution in [1.82, 2.24) is 0 Å². The monoisotopic (exact) mass is 308 g/mol. The molecule has 0 aliphatic rings. The minimum absolute atomic E-state index is 0.261. The molecule has 0 nitrogen and oxygen atoms in total. The van der Waals surface area contributed by atoms with Crippen molar-refractivity contribution in [2.45, 2.75) is 18.2 Å². The molecule has 0 amide bonds. The van der Waals surface area contributed by atoms with Crippen molar-refractivity contribution in [3.05, 3.63) is 70.2 Å². The first kappa shape index (κ1) is 12.7. The van der Waals surface area contributed by atoms with E-state index in [1.807, 2.05) is 18.2 Å². The van der Waals surface area contributed by atoms with E-state index < -0.39 is 0 Å². The van der Waals surface area contributed by atoms with Gasteiger partial charge in [0.15, 0.2) is 0 Å². The minimum Gasteiger partial charge on any atom is -0.0840 e. The fourth-order valence-corrected chi connectivity index (χ4v) is 3.02. The minimum atomic E-state index is 0.261.